The molecule has 2 atom stereocenters. The zero-order valence-electron chi connectivity index (χ0n) is 6.42. The van der Waals surface area contributed by atoms with E-state index in [-0.39, 0.29) is 24.6 Å². The van der Waals surface area contributed by atoms with Crippen molar-refractivity contribution in [3.8, 4) is 0 Å². The highest BCUT2D eigenvalue weighted by atomic mass is 35.5. The van der Waals surface area contributed by atoms with Gasteiger partial charge in [-0.1, -0.05) is 5.21 Å². The molecule has 2 heterocycles. The summed E-state index contributed by atoms with van der Waals surface area (Å²) in [5, 5.41) is 20.0. The van der Waals surface area contributed by atoms with Crippen molar-refractivity contribution in [3.05, 3.63) is 12.4 Å². The van der Waals surface area contributed by atoms with Gasteiger partial charge in [-0.25, -0.2) is 4.68 Å². The topological polar surface area (TPSA) is 63.0 Å². The monoisotopic (exact) mass is 190 g/mol. The van der Waals surface area contributed by atoms with Crippen molar-refractivity contribution in [1.29, 1.82) is 0 Å². The van der Waals surface area contributed by atoms with E-state index in [2.05, 4.69) is 15.6 Å². The first-order valence-electron chi connectivity index (χ1n) is 3.62. The van der Waals surface area contributed by atoms with Crippen LogP contribution in [-0.2, 0) is 0 Å². The zero-order valence-corrected chi connectivity index (χ0v) is 7.24. The third-order valence-electron chi connectivity index (χ3n) is 1.93. The molecular formula is C6H11ClN4O. The Morgan fingerprint density at radius 2 is 2.33 bits per heavy atom. The standard InChI is InChI=1S/C6H10N4O.ClH/c11-6-4-7-3-5(6)10-2-1-8-9-10;/h1-2,5-7,11H,3-4H2;1H. The van der Waals surface area contributed by atoms with Crippen molar-refractivity contribution in [1.82, 2.24) is 20.3 Å². The van der Waals surface area contributed by atoms with Gasteiger partial charge in [-0.15, -0.1) is 17.5 Å². The molecule has 2 unspecified atom stereocenters. The fourth-order valence-electron chi connectivity index (χ4n) is 1.32. The van der Waals surface area contributed by atoms with Crippen LogP contribution in [0, 0.1) is 0 Å². The van der Waals surface area contributed by atoms with Gasteiger partial charge in [0, 0.05) is 19.3 Å². The third-order valence-corrected chi connectivity index (χ3v) is 1.93. The van der Waals surface area contributed by atoms with E-state index < -0.39 is 0 Å². The molecule has 0 saturated carbocycles. The molecule has 6 heteroatoms. The molecule has 0 radical (unpaired) electrons. The number of aliphatic hydroxyl groups is 1. The summed E-state index contributed by atoms with van der Waals surface area (Å²) in [7, 11) is 0. The Morgan fingerprint density at radius 3 is 2.83 bits per heavy atom. The summed E-state index contributed by atoms with van der Waals surface area (Å²) < 4.78 is 1.69. The number of aromatic nitrogens is 3. The number of nitrogens with one attached hydrogen (secondary N) is 1. The molecule has 0 aromatic carbocycles. The first-order valence-corrected chi connectivity index (χ1v) is 3.62. The van der Waals surface area contributed by atoms with Crippen LogP contribution in [0.15, 0.2) is 12.4 Å². The van der Waals surface area contributed by atoms with Crippen molar-refractivity contribution in [2.24, 2.45) is 0 Å². The highest BCUT2D eigenvalue weighted by molar-refractivity contribution is 5.85. The smallest absolute Gasteiger partial charge is 0.0932 e. The molecule has 12 heavy (non-hydrogen) atoms. The maximum Gasteiger partial charge on any atom is 0.0932 e. The summed E-state index contributed by atoms with van der Waals surface area (Å²) in [5.41, 5.74) is 0. The first-order chi connectivity index (χ1) is 5.38. The van der Waals surface area contributed by atoms with Crippen molar-refractivity contribution in [2.75, 3.05) is 13.1 Å². The number of hydrogen-bond acceptors (Lipinski definition) is 4. The van der Waals surface area contributed by atoms with Gasteiger partial charge in [-0.05, 0) is 0 Å². The first kappa shape index (κ1) is 9.44. The Balaban J connectivity index is 0.000000720. The van der Waals surface area contributed by atoms with Crippen LogP contribution in [0.4, 0.5) is 0 Å². The second-order valence-electron chi connectivity index (χ2n) is 2.68. The summed E-state index contributed by atoms with van der Waals surface area (Å²) in [6, 6.07) is 0.0532. The van der Waals surface area contributed by atoms with Gasteiger partial charge in [0.05, 0.1) is 18.3 Å². The number of halogens is 1. The van der Waals surface area contributed by atoms with Crippen LogP contribution in [-0.4, -0.2) is 39.3 Å². The lowest BCUT2D eigenvalue weighted by molar-refractivity contribution is 0.143. The van der Waals surface area contributed by atoms with E-state index in [4.69, 9.17) is 0 Å². The molecule has 0 aliphatic carbocycles. The second-order valence-corrected chi connectivity index (χ2v) is 2.68. The van der Waals surface area contributed by atoms with E-state index in [1.807, 2.05) is 0 Å². The number of nitrogens with zero attached hydrogens (tertiary/aromatic N) is 3. The number of hydrogen-bond donors (Lipinski definition) is 2. The summed E-state index contributed by atoms with van der Waals surface area (Å²) in [6.45, 7) is 1.41. The SMILES string of the molecule is Cl.OC1CNCC1n1ccnn1. The highest BCUT2D eigenvalue weighted by Crippen LogP contribution is 2.12. The summed E-state index contributed by atoms with van der Waals surface area (Å²) in [6.07, 6.45) is 3.04. The lowest BCUT2D eigenvalue weighted by atomic mass is 10.2. The number of aliphatic hydroxyl groups excluding tert-OH is 1. The number of β-amino-alcohol motifs (C(OH)–C–C–N with tert-alkyl or cyclic N) is 1. The second kappa shape index (κ2) is 3.84. The van der Waals surface area contributed by atoms with E-state index in [1.54, 1.807) is 17.1 Å². The van der Waals surface area contributed by atoms with Crippen molar-refractivity contribution >= 4 is 12.4 Å². The molecule has 1 aromatic heterocycles. The average Bonchev–Trinajstić information content (AvgIpc) is 2.55. The number of rotatable bonds is 1. The van der Waals surface area contributed by atoms with Crippen molar-refractivity contribution < 1.29 is 5.11 Å². The zero-order chi connectivity index (χ0) is 7.68. The quantitative estimate of drug-likeness (QED) is 0.609. The van der Waals surface area contributed by atoms with Crippen LogP contribution in [0.2, 0.25) is 0 Å². The Bertz CT molecular complexity index is 227. The molecule has 1 aliphatic rings. The molecule has 0 amide bonds. The lowest BCUT2D eigenvalue weighted by Crippen LogP contribution is -2.22. The van der Waals surface area contributed by atoms with E-state index in [0.29, 0.717) is 6.54 Å². The third kappa shape index (κ3) is 1.57. The molecule has 1 aliphatic heterocycles. The van der Waals surface area contributed by atoms with Crippen LogP contribution < -0.4 is 5.32 Å². The maximum absolute atomic E-state index is 9.41. The predicted molar refractivity (Wildman–Crippen MR) is 45.2 cm³/mol. The Labute approximate surface area is 76.2 Å². The van der Waals surface area contributed by atoms with Crippen LogP contribution >= 0.6 is 12.4 Å². The molecule has 0 bridgehead atoms. The predicted octanol–water partition coefficient (Wildman–Crippen LogP) is -0.795. The molecular weight excluding hydrogens is 180 g/mol. The molecule has 0 spiro atoms. The summed E-state index contributed by atoms with van der Waals surface area (Å²) in [5.74, 6) is 0. The average molecular weight is 191 g/mol. The van der Waals surface area contributed by atoms with Crippen LogP contribution in [0.5, 0.6) is 0 Å². The Kier molecular flexibility index (Phi) is 3.02. The molecule has 1 fully saturated rings. The molecule has 68 valence electrons. The van der Waals surface area contributed by atoms with Gasteiger partial charge >= 0.3 is 0 Å². The molecule has 5 nitrogen and oxygen atoms in total. The normalized spacial score (nSPS) is 28.4. The van der Waals surface area contributed by atoms with E-state index >= 15 is 0 Å². The highest BCUT2D eigenvalue weighted by Gasteiger charge is 2.26. The van der Waals surface area contributed by atoms with Crippen LogP contribution in [0.3, 0.4) is 0 Å². The molecule has 2 rings (SSSR count). The lowest BCUT2D eigenvalue weighted by Gasteiger charge is -2.11. The fourth-order valence-corrected chi connectivity index (χ4v) is 1.32. The minimum atomic E-state index is -0.336. The van der Waals surface area contributed by atoms with Gasteiger partial charge in [0.1, 0.15) is 0 Å². The minimum Gasteiger partial charge on any atom is -0.390 e. The largest absolute Gasteiger partial charge is 0.390 e. The van der Waals surface area contributed by atoms with Crippen LogP contribution in [0.25, 0.3) is 0 Å². The molecule has 1 saturated heterocycles. The maximum atomic E-state index is 9.41. The summed E-state index contributed by atoms with van der Waals surface area (Å²) >= 11 is 0. The Hall–Kier alpha value is -0.650. The van der Waals surface area contributed by atoms with E-state index in [0.717, 1.165) is 6.54 Å². The van der Waals surface area contributed by atoms with Gasteiger partial charge in [0.2, 0.25) is 0 Å². The van der Waals surface area contributed by atoms with E-state index in [1.165, 1.54) is 0 Å². The van der Waals surface area contributed by atoms with Gasteiger partial charge < -0.3 is 10.4 Å². The Morgan fingerprint density at radius 1 is 1.50 bits per heavy atom. The van der Waals surface area contributed by atoms with Gasteiger partial charge in [-0.2, -0.15) is 0 Å². The minimum absolute atomic E-state index is 0. The summed E-state index contributed by atoms with van der Waals surface area (Å²) in [4.78, 5) is 0. The van der Waals surface area contributed by atoms with Crippen LogP contribution in [0.1, 0.15) is 6.04 Å². The van der Waals surface area contributed by atoms with Crippen molar-refractivity contribution in [2.45, 2.75) is 12.1 Å². The van der Waals surface area contributed by atoms with Crippen molar-refractivity contribution in [3.63, 3.8) is 0 Å². The molecule has 2 N–H and O–H groups in total. The van der Waals surface area contributed by atoms with Gasteiger partial charge in [-0.3, -0.25) is 0 Å². The fraction of sp³-hybridized carbons (Fsp3) is 0.667. The molecule has 1 aromatic rings. The van der Waals surface area contributed by atoms with Gasteiger partial charge in [0.15, 0.2) is 0 Å². The van der Waals surface area contributed by atoms with Gasteiger partial charge in [0.25, 0.3) is 0 Å². The van der Waals surface area contributed by atoms with E-state index in [9.17, 15) is 5.11 Å².